The summed E-state index contributed by atoms with van der Waals surface area (Å²) in [6.07, 6.45) is 3.15. The van der Waals surface area contributed by atoms with Crippen LogP contribution in [-0.2, 0) is 5.88 Å². The second-order valence-electron chi connectivity index (χ2n) is 3.15. The van der Waals surface area contributed by atoms with Gasteiger partial charge in [-0.1, -0.05) is 23.2 Å². The Morgan fingerprint density at radius 1 is 1.19 bits per heavy atom. The lowest BCUT2D eigenvalue weighted by Gasteiger charge is -2.07. The van der Waals surface area contributed by atoms with Crippen LogP contribution in [0.5, 0.6) is 0 Å². The maximum Gasteiger partial charge on any atom is 0.116 e. The minimum atomic E-state index is 0.342. The Morgan fingerprint density at radius 3 is 2.69 bits per heavy atom. The van der Waals surface area contributed by atoms with Crippen LogP contribution in [-0.4, -0.2) is 9.97 Å². The fraction of sp³-hybridized carbons (Fsp3) is 0.0909. The molecule has 5 heteroatoms. The third-order valence-corrected chi connectivity index (χ3v) is 2.95. The van der Waals surface area contributed by atoms with Gasteiger partial charge in [0, 0.05) is 22.3 Å². The Labute approximate surface area is 108 Å². The minimum absolute atomic E-state index is 0.342. The van der Waals surface area contributed by atoms with Crippen LogP contribution in [0.3, 0.4) is 0 Å². The quantitative estimate of drug-likeness (QED) is 0.767. The van der Waals surface area contributed by atoms with Gasteiger partial charge in [-0.3, -0.25) is 0 Å². The molecule has 0 spiro atoms. The van der Waals surface area contributed by atoms with E-state index >= 15 is 0 Å². The highest BCUT2D eigenvalue weighted by Gasteiger charge is 2.09. The second kappa shape index (κ2) is 5.00. The number of halogens is 3. The molecule has 0 amide bonds. The van der Waals surface area contributed by atoms with Gasteiger partial charge >= 0.3 is 0 Å². The molecule has 0 radical (unpaired) electrons. The summed E-state index contributed by atoms with van der Waals surface area (Å²) in [5.41, 5.74) is 2.39. The molecule has 0 aliphatic rings. The highest BCUT2D eigenvalue weighted by Crippen LogP contribution is 2.31. The molecular formula is C11H7Cl3N2. The number of hydrogen-bond donors (Lipinski definition) is 0. The maximum atomic E-state index is 6.11. The van der Waals surface area contributed by atoms with Gasteiger partial charge in [-0.2, -0.15) is 0 Å². The number of aromatic nitrogens is 2. The van der Waals surface area contributed by atoms with Crippen molar-refractivity contribution < 1.29 is 0 Å². The lowest BCUT2D eigenvalue weighted by molar-refractivity contribution is 1.12. The SMILES string of the molecule is ClCc1cncnc1-c1ccc(Cl)cc1Cl. The predicted octanol–water partition coefficient (Wildman–Crippen LogP) is 4.19. The molecule has 1 heterocycles. The average Bonchev–Trinajstić information content (AvgIpc) is 2.29. The summed E-state index contributed by atoms with van der Waals surface area (Å²) in [6, 6.07) is 5.27. The standard InChI is InChI=1S/C11H7Cl3N2/c12-4-7-5-15-6-16-11(7)9-2-1-8(13)3-10(9)14/h1-3,5-6H,4H2. The molecule has 0 saturated heterocycles. The van der Waals surface area contributed by atoms with Crippen LogP contribution in [0.1, 0.15) is 5.56 Å². The van der Waals surface area contributed by atoms with E-state index < -0.39 is 0 Å². The third kappa shape index (κ3) is 2.29. The van der Waals surface area contributed by atoms with Gasteiger partial charge in [-0.05, 0) is 18.2 Å². The molecule has 16 heavy (non-hydrogen) atoms. The van der Waals surface area contributed by atoms with E-state index in [0.717, 1.165) is 16.8 Å². The molecule has 2 nitrogen and oxygen atoms in total. The van der Waals surface area contributed by atoms with E-state index in [-0.39, 0.29) is 0 Å². The summed E-state index contributed by atoms with van der Waals surface area (Å²) in [7, 11) is 0. The van der Waals surface area contributed by atoms with Gasteiger partial charge in [0.1, 0.15) is 6.33 Å². The van der Waals surface area contributed by atoms with Crippen molar-refractivity contribution in [3.63, 3.8) is 0 Å². The highest BCUT2D eigenvalue weighted by atomic mass is 35.5. The smallest absolute Gasteiger partial charge is 0.116 e. The first-order valence-corrected chi connectivity index (χ1v) is 5.81. The van der Waals surface area contributed by atoms with Crippen LogP contribution >= 0.6 is 34.8 Å². The molecule has 0 aliphatic heterocycles. The molecule has 0 bridgehead atoms. The zero-order valence-electron chi connectivity index (χ0n) is 8.12. The maximum absolute atomic E-state index is 6.11. The van der Waals surface area contributed by atoms with Crippen molar-refractivity contribution in [2.24, 2.45) is 0 Å². The number of alkyl halides is 1. The molecule has 82 valence electrons. The van der Waals surface area contributed by atoms with Crippen LogP contribution in [0.4, 0.5) is 0 Å². The summed E-state index contributed by atoms with van der Waals surface area (Å²) in [5, 5.41) is 1.15. The van der Waals surface area contributed by atoms with Crippen molar-refractivity contribution >= 4 is 34.8 Å². The first-order chi connectivity index (χ1) is 7.72. The Morgan fingerprint density at radius 2 is 2.00 bits per heavy atom. The number of nitrogens with zero attached hydrogens (tertiary/aromatic N) is 2. The van der Waals surface area contributed by atoms with Crippen molar-refractivity contribution in [3.05, 3.63) is 46.3 Å². The van der Waals surface area contributed by atoms with Crippen molar-refractivity contribution in [2.45, 2.75) is 5.88 Å². The lowest BCUT2D eigenvalue weighted by atomic mass is 10.1. The van der Waals surface area contributed by atoms with E-state index in [2.05, 4.69) is 9.97 Å². The lowest BCUT2D eigenvalue weighted by Crippen LogP contribution is -1.92. The Balaban J connectivity index is 2.58. The van der Waals surface area contributed by atoms with Gasteiger partial charge < -0.3 is 0 Å². The van der Waals surface area contributed by atoms with E-state index in [4.69, 9.17) is 34.8 Å². The van der Waals surface area contributed by atoms with Gasteiger partial charge in [-0.25, -0.2) is 9.97 Å². The van der Waals surface area contributed by atoms with E-state index in [9.17, 15) is 0 Å². The summed E-state index contributed by atoms with van der Waals surface area (Å²) in [6.45, 7) is 0. The fourth-order valence-corrected chi connectivity index (χ4v) is 2.07. The fourth-order valence-electron chi connectivity index (χ4n) is 1.38. The van der Waals surface area contributed by atoms with Crippen molar-refractivity contribution in [1.29, 1.82) is 0 Å². The molecule has 0 atom stereocenters. The molecular weight excluding hydrogens is 266 g/mol. The normalized spacial score (nSPS) is 10.4. The van der Waals surface area contributed by atoms with Crippen LogP contribution in [0.25, 0.3) is 11.3 Å². The van der Waals surface area contributed by atoms with E-state index in [1.807, 2.05) is 6.07 Å². The van der Waals surface area contributed by atoms with Gasteiger partial charge in [0.05, 0.1) is 16.6 Å². The Bertz CT molecular complexity index is 514. The van der Waals surface area contributed by atoms with Gasteiger partial charge in [-0.15, -0.1) is 11.6 Å². The number of benzene rings is 1. The largest absolute Gasteiger partial charge is 0.244 e. The monoisotopic (exact) mass is 272 g/mol. The van der Waals surface area contributed by atoms with Crippen molar-refractivity contribution in [2.75, 3.05) is 0 Å². The molecule has 2 aromatic rings. The molecule has 0 saturated carbocycles. The highest BCUT2D eigenvalue weighted by molar-refractivity contribution is 6.36. The molecule has 0 N–H and O–H groups in total. The van der Waals surface area contributed by atoms with Crippen LogP contribution in [0.15, 0.2) is 30.7 Å². The molecule has 1 aromatic carbocycles. The van der Waals surface area contributed by atoms with Crippen LogP contribution in [0.2, 0.25) is 10.0 Å². The Kier molecular flexibility index (Phi) is 3.64. The van der Waals surface area contributed by atoms with Gasteiger partial charge in [0.2, 0.25) is 0 Å². The molecule has 1 aromatic heterocycles. The third-order valence-electron chi connectivity index (χ3n) is 2.12. The topological polar surface area (TPSA) is 25.8 Å². The minimum Gasteiger partial charge on any atom is -0.244 e. The Hall–Kier alpha value is -0.830. The van der Waals surface area contributed by atoms with Crippen LogP contribution in [0, 0.1) is 0 Å². The zero-order valence-corrected chi connectivity index (χ0v) is 10.4. The number of hydrogen-bond acceptors (Lipinski definition) is 2. The molecule has 2 rings (SSSR count). The summed E-state index contributed by atoms with van der Waals surface area (Å²) < 4.78 is 0. The first kappa shape index (κ1) is 11.6. The molecule has 0 fully saturated rings. The summed E-state index contributed by atoms with van der Waals surface area (Å²) >= 11 is 17.8. The van der Waals surface area contributed by atoms with E-state index in [0.29, 0.717) is 15.9 Å². The van der Waals surface area contributed by atoms with Crippen molar-refractivity contribution in [3.8, 4) is 11.3 Å². The number of rotatable bonds is 2. The second-order valence-corrected chi connectivity index (χ2v) is 4.27. The van der Waals surface area contributed by atoms with Gasteiger partial charge in [0.25, 0.3) is 0 Å². The first-order valence-electron chi connectivity index (χ1n) is 4.52. The predicted molar refractivity (Wildman–Crippen MR) is 67.0 cm³/mol. The summed E-state index contributed by atoms with van der Waals surface area (Å²) in [4.78, 5) is 8.11. The zero-order chi connectivity index (χ0) is 11.5. The van der Waals surface area contributed by atoms with E-state index in [1.165, 1.54) is 6.33 Å². The molecule has 0 aliphatic carbocycles. The van der Waals surface area contributed by atoms with E-state index in [1.54, 1.807) is 18.3 Å². The molecule has 0 unspecified atom stereocenters. The summed E-state index contributed by atoms with van der Waals surface area (Å²) in [5.74, 6) is 0.342. The van der Waals surface area contributed by atoms with Crippen molar-refractivity contribution in [1.82, 2.24) is 9.97 Å². The van der Waals surface area contributed by atoms with Crippen LogP contribution < -0.4 is 0 Å². The average molecular weight is 274 g/mol. The van der Waals surface area contributed by atoms with Gasteiger partial charge in [0.15, 0.2) is 0 Å².